The van der Waals surface area contributed by atoms with Crippen molar-refractivity contribution >= 4 is 17.6 Å². The van der Waals surface area contributed by atoms with Crippen LogP contribution in [0.25, 0.3) is 5.69 Å². The molecule has 0 radical (unpaired) electrons. The summed E-state index contributed by atoms with van der Waals surface area (Å²) in [6.07, 6.45) is 1.73. The maximum absolute atomic E-state index is 11.0. The highest BCUT2D eigenvalue weighted by molar-refractivity contribution is 5.83. The Balaban J connectivity index is 1.87. The third kappa shape index (κ3) is 3.87. The smallest absolute Gasteiger partial charge is 0.271 e. The molecule has 138 valence electrons. The van der Waals surface area contributed by atoms with E-state index >= 15 is 0 Å². The monoisotopic (exact) mass is 363 g/mol. The molecule has 2 aromatic carbocycles. The van der Waals surface area contributed by atoms with Gasteiger partial charge in [0.25, 0.3) is 5.69 Å². The number of nitrogens with zero attached hydrogens (tertiary/aromatic N) is 4. The van der Waals surface area contributed by atoms with Gasteiger partial charge in [0.2, 0.25) is 0 Å². The predicted octanol–water partition coefficient (Wildman–Crippen LogP) is 4.46. The third-order valence-corrected chi connectivity index (χ3v) is 4.39. The minimum absolute atomic E-state index is 0.0341. The summed E-state index contributed by atoms with van der Waals surface area (Å²) in [6, 6.07) is 12.5. The Morgan fingerprint density at radius 2 is 1.93 bits per heavy atom. The summed E-state index contributed by atoms with van der Waals surface area (Å²) in [7, 11) is 0. The van der Waals surface area contributed by atoms with Crippen molar-refractivity contribution < 1.29 is 4.92 Å². The quantitative estimate of drug-likeness (QED) is 0.412. The van der Waals surface area contributed by atoms with Gasteiger partial charge in [0.1, 0.15) is 0 Å². The van der Waals surface area contributed by atoms with Gasteiger partial charge in [-0.2, -0.15) is 10.2 Å². The van der Waals surface area contributed by atoms with Gasteiger partial charge < -0.3 is 0 Å². The van der Waals surface area contributed by atoms with Crippen molar-refractivity contribution in [3.63, 3.8) is 0 Å². The zero-order chi connectivity index (χ0) is 19.6. The number of anilines is 1. The average molecular weight is 363 g/mol. The number of benzene rings is 2. The molecular weight excluding hydrogens is 342 g/mol. The van der Waals surface area contributed by atoms with E-state index in [0.717, 1.165) is 28.2 Å². The van der Waals surface area contributed by atoms with Crippen LogP contribution in [-0.2, 0) is 0 Å². The van der Waals surface area contributed by atoms with Crippen molar-refractivity contribution in [3.05, 3.63) is 80.7 Å². The summed E-state index contributed by atoms with van der Waals surface area (Å²) in [5.41, 5.74) is 9.53. The van der Waals surface area contributed by atoms with Gasteiger partial charge in [-0.3, -0.25) is 15.5 Å². The molecule has 27 heavy (non-hydrogen) atoms. The molecular formula is C20H21N5O2. The molecule has 1 aromatic heterocycles. The second-order valence-electron chi connectivity index (χ2n) is 6.46. The summed E-state index contributed by atoms with van der Waals surface area (Å²) >= 11 is 0. The molecule has 0 aliphatic carbocycles. The molecule has 0 saturated carbocycles. The number of aryl methyl sites for hydroxylation is 3. The zero-order valence-corrected chi connectivity index (χ0v) is 15.7. The number of nitrogens with one attached hydrogen (secondary N) is 1. The van der Waals surface area contributed by atoms with Crippen LogP contribution in [0.4, 0.5) is 11.4 Å². The summed E-state index contributed by atoms with van der Waals surface area (Å²) in [5.74, 6) is 0. The second kappa shape index (κ2) is 7.41. The van der Waals surface area contributed by atoms with E-state index in [1.54, 1.807) is 23.0 Å². The molecule has 0 amide bonds. The number of aromatic nitrogens is 2. The predicted molar refractivity (Wildman–Crippen MR) is 107 cm³/mol. The van der Waals surface area contributed by atoms with Crippen LogP contribution in [0, 0.1) is 37.8 Å². The van der Waals surface area contributed by atoms with Crippen molar-refractivity contribution in [2.24, 2.45) is 5.10 Å². The van der Waals surface area contributed by atoms with Crippen LogP contribution < -0.4 is 5.43 Å². The number of rotatable bonds is 5. The number of nitro benzene ring substituents is 1. The lowest BCUT2D eigenvalue weighted by Gasteiger charge is -2.06. The van der Waals surface area contributed by atoms with Gasteiger partial charge in [0, 0.05) is 17.7 Å². The highest BCUT2D eigenvalue weighted by Gasteiger charge is 2.14. The largest absolute Gasteiger partial charge is 0.278 e. The minimum Gasteiger partial charge on any atom is -0.278 e. The van der Waals surface area contributed by atoms with E-state index in [0.29, 0.717) is 5.69 Å². The van der Waals surface area contributed by atoms with Crippen LogP contribution in [0.3, 0.4) is 0 Å². The topological polar surface area (TPSA) is 85.3 Å². The molecule has 3 rings (SSSR count). The van der Waals surface area contributed by atoms with Gasteiger partial charge in [-0.25, -0.2) is 4.68 Å². The molecule has 1 heterocycles. The molecule has 0 atom stereocenters. The maximum Gasteiger partial charge on any atom is 0.271 e. The minimum atomic E-state index is -0.411. The normalized spacial score (nSPS) is 11.1. The first-order valence-corrected chi connectivity index (χ1v) is 8.54. The molecule has 0 saturated heterocycles. The van der Waals surface area contributed by atoms with E-state index in [2.05, 4.69) is 28.6 Å². The Labute approximate surface area is 157 Å². The maximum atomic E-state index is 11.0. The highest BCUT2D eigenvalue weighted by atomic mass is 16.6. The van der Waals surface area contributed by atoms with Crippen LogP contribution in [-0.4, -0.2) is 20.9 Å². The molecule has 0 aliphatic rings. The van der Waals surface area contributed by atoms with Crippen molar-refractivity contribution in [1.29, 1.82) is 0 Å². The van der Waals surface area contributed by atoms with Crippen molar-refractivity contribution in [3.8, 4) is 5.69 Å². The van der Waals surface area contributed by atoms with Crippen LogP contribution in [0.15, 0.2) is 47.6 Å². The van der Waals surface area contributed by atoms with E-state index in [1.165, 1.54) is 17.7 Å². The number of hydrogen-bond acceptors (Lipinski definition) is 5. The first-order chi connectivity index (χ1) is 12.9. The van der Waals surface area contributed by atoms with E-state index in [4.69, 9.17) is 0 Å². The van der Waals surface area contributed by atoms with E-state index in [1.807, 2.05) is 32.9 Å². The molecule has 7 heteroatoms. The van der Waals surface area contributed by atoms with E-state index in [-0.39, 0.29) is 5.69 Å². The van der Waals surface area contributed by atoms with Crippen LogP contribution >= 0.6 is 0 Å². The molecule has 0 aliphatic heterocycles. The lowest BCUT2D eigenvalue weighted by atomic mass is 10.1. The number of nitro groups is 1. The molecule has 0 fully saturated rings. The van der Waals surface area contributed by atoms with Crippen LogP contribution in [0.2, 0.25) is 0 Å². The van der Waals surface area contributed by atoms with Gasteiger partial charge in [0.15, 0.2) is 0 Å². The van der Waals surface area contributed by atoms with E-state index in [9.17, 15) is 10.1 Å². The molecule has 0 bridgehead atoms. The summed E-state index contributed by atoms with van der Waals surface area (Å²) in [5, 5.41) is 19.9. The van der Waals surface area contributed by atoms with Crippen molar-refractivity contribution in [2.75, 3.05) is 5.43 Å². The third-order valence-electron chi connectivity index (χ3n) is 4.39. The first-order valence-electron chi connectivity index (χ1n) is 8.54. The highest BCUT2D eigenvalue weighted by Crippen LogP contribution is 2.21. The summed E-state index contributed by atoms with van der Waals surface area (Å²) in [6.45, 7) is 7.88. The number of hydrazone groups is 1. The Hall–Kier alpha value is -3.48. The summed E-state index contributed by atoms with van der Waals surface area (Å²) < 4.78 is 1.70. The molecule has 1 N–H and O–H groups in total. The standard InChI is InChI=1S/C20H21N5O2/c1-13-8-9-20(14(2)10-13)22-21-12-19-15(3)23-24(16(19)4)17-6-5-7-18(11-17)25(26)27/h5-12,22H,1-4H3/b21-12+. The SMILES string of the molecule is Cc1ccc(N/N=C/c2c(C)nn(-c3cccc([N+](=O)[O-])c3)c2C)c(C)c1. The molecule has 0 spiro atoms. The fraction of sp³-hybridized carbons (Fsp3) is 0.200. The molecule has 0 unspecified atom stereocenters. The van der Waals surface area contributed by atoms with E-state index < -0.39 is 4.92 Å². The summed E-state index contributed by atoms with van der Waals surface area (Å²) in [4.78, 5) is 10.6. The number of non-ortho nitro benzene ring substituents is 1. The van der Waals surface area contributed by atoms with Crippen LogP contribution in [0.5, 0.6) is 0 Å². The zero-order valence-electron chi connectivity index (χ0n) is 15.7. The Morgan fingerprint density at radius 1 is 1.15 bits per heavy atom. The Morgan fingerprint density at radius 3 is 2.63 bits per heavy atom. The first kappa shape index (κ1) is 18.3. The fourth-order valence-corrected chi connectivity index (χ4v) is 2.94. The number of hydrogen-bond donors (Lipinski definition) is 1. The average Bonchev–Trinajstić information content (AvgIpc) is 2.91. The van der Waals surface area contributed by atoms with Gasteiger partial charge in [-0.15, -0.1) is 0 Å². The lowest BCUT2D eigenvalue weighted by Crippen LogP contribution is -2.01. The lowest BCUT2D eigenvalue weighted by molar-refractivity contribution is -0.384. The van der Waals surface area contributed by atoms with Crippen molar-refractivity contribution in [1.82, 2.24) is 9.78 Å². The van der Waals surface area contributed by atoms with Crippen molar-refractivity contribution in [2.45, 2.75) is 27.7 Å². The second-order valence-corrected chi connectivity index (χ2v) is 6.46. The van der Waals surface area contributed by atoms with Gasteiger partial charge in [0.05, 0.1) is 33.9 Å². The fourth-order valence-electron chi connectivity index (χ4n) is 2.94. The van der Waals surface area contributed by atoms with Crippen LogP contribution in [0.1, 0.15) is 28.1 Å². The Kier molecular flexibility index (Phi) is 5.03. The molecule has 3 aromatic rings. The van der Waals surface area contributed by atoms with Gasteiger partial charge in [-0.1, -0.05) is 23.8 Å². The van der Waals surface area contributed by atoms with Gasteiger partial charge in [-0.05, 0) is 45.4 Å². The molecule has 7 nitrogen and oxygen atoms in total. The Bertz CT molecular complexity index is 1040. The van der Waals surface area contributed by atoms with Gasteiger partial charge >= 0.3 is 0 Å².